The number of anilines is 1. The van der Waals surface area contributed by atoms with E-state index in [4.69, 9.17) is 30.4 Å². The number of hydrogen-bond donors (Lipinski definition) is 2. The number of hydrogen-bond acceptors (Lipinski definition) is 11. The number of methoxy groups -OCH3 is 1. The summed E-state index contributed by atoms with van der Waals surface area (Å²) in [6.45, 7) is 7.14. The Balaban J connectivity index is 1.25. The summed E-state index contributed by atoms with van der Waals surface area (Å²) in [5.74, 6) is 0.938. The number of benzene rings is 2. The highest BCUT2D eigenvalue weighted by atomic mass is 19.1. The number of ether oxygens (including phenoxy) is 4. The molecule has 274 valence electrons. The lowest BCUT2D eigenvalue weighted by Crippen LogP contribution is -2.57. The number of aromatic nitrogens is 3. The van der Waals surface area contributed by atoms with Crippen LogP contribution in [0, 0.1) is 34.8 Å². The molecule has 13 heteroatoms. The van der Waals surface area contributed by atoms with E-state index in [0.29, 0.717) is 31.2 Å². The number of piperidine rings is 1. The molecular formula is C39H43F2N5O6. The summed E-state index contributed by atoms with van der Waals surface area (Å²) in [5.41, 5.74) is -0.361. The lowest BCUT2D eigenvalue weighted by molar-refractivity contribution is -0.130. The summed E-state index contributed by atoms with van der Waals surface area (Å²) in [7, 11) is 1.40. The number of β-amino-alcohol motifs (C(OH)–C–C–N with tert-alkyl or cyclic N) is 1. The number of rotatable bonds is 8. The number of aliphatic hydroxyl groups is 1. The fourth-order valence-corrected chi connectivity index (χ4v) is 8.90. The highest BCUT2D eigenvalue weighted by Crippen LogP contribution is 2.49. The molecule has 2 aromatic carbocycles. The van der Waals surface area contributed by atoms with Gasteiger partial charge in [0, 0.05) is 47.5 Å². The van der Waals surface area contributed by atoms with Gasteiger partial charge in [0.1, 0.15) is 34.0 Å². The Morgan fingerprint density at radius 1 is 1.08 bits per heavy atom. The second kappa shape index (κ2) is 13.6. The van der Waals surface area contributed by atoms with Crippen molar-refractivity contribution >= 4 is 27.5 Å². The van der Waals surface area contributed by atoms with Crippen molar-refractivity contribution in [3.63, 3.8) is 0 Å². The standard InChI is InChI=1S/C39H43F2N5O6/c1-4-26-28(40)9-8-23-15-24(47)16-27(30(23)26)33-32(41)34-31(36(42-33)49-3)35(45-13-14-50-18-25(48)17-45)44-37(43-34)52-22-39-10-5-7-29(39)46(12-6-11-39)19-38(2)20-51-21-38/h1,8-9,15-16,25,29,47-48H,5-7,10-14,17-22H2,2-3H3. The minimum atomic E-state index is -0.855. The topological polar surface area (TPSA) is 123 Å². The molecule has 4 fully saturated rings. The molecule has 11 nitrogen and oxygen atoms in total. The van der Waals surface area contributed by atoms with Gasteiger partial charge in [-0.15, -0.1) is 6.42 Å². The normalized spacial score (nSPS) is 24.7. The van der Waals surface area contributed by atoms with Gasteiger partial charge in [0.15, 0.2) is 5.82 Å². The molecule has 2 N–H and O–H groups in total. The minimum Gasteiger partial charge on any atom is -0.508 e. The summed E-state index contributed by atoms with van der Waals surface area (Å²) in [4.78, 5) is 18.5. The monoisotopic (exact) mass is 715 g/mol. The van der Waals surface area contributed by atoms with Crippen LogP contribution in [0.1, 0.15) is 44.6 Å². The average Bonchev–Trinajstić information content (AvgIpc) is 3.44. The zero-order chi connectivity index (χ0) is 36.2. The smallest absolute Gasteiger partial charge is 0.319 e. The lowest BCUT2D eigenvalue weighted by Gasteiger charge is -2.50. The highest BCUT2D eigenvalue weighted by Gasteiger charge is 2.50. The van der Waals surface area contributed by atoms with Crippen LogP contribution >= 0.6 is 0 Å². The number of phenolic OH excluding ortho intramolecular Hbond substituents is 1. The Morgan fingerprint density at radius 3 is 2.67 bits per heavy atom. The first kappa shape index (κ1) is 34.7. The summed E-state index contributed by atoms with van der Waals surface area (Å²) in [5, 5.41) is 22.2. The molecule has 0 bridgehead atoms. The molecule has 4 aromatic rings. The van der Waals surface area contributed by atoms with Crippen LogP contribution in [0.25, 0.3) is 32.9 Å². The number of nitrogens with zero attached hydrogens (tertiary/aromatic N) is 5. The third-order valence-electron chi connectivity index (χ3n) is 11.3. The number of aromatic hydroxyl groups is 1. The van der Waals surface area contributed by atoms with E-state index in [9.17, 15) is 10.2 Å². The molecule has 0 spiro atoms. The fourth-order valence-electron chi connectivity index (χ4n) is 8.90. The molecule has 3 aliphatic heterocycles. The van der Waals surface area contributed by atoms with Crippen molar-refractivity contribution in [3.05, 3.63) is 41.5 Å². The Hall–Kier alpha value is -4.35. The van der Waals surface area contributed by atoms with Gasteiger partial charge in [-0.2, -0.15) is 9.97 Å². The summed E-state index contributed by atoms with van der Waals surface area (Å²) in [6.07, 6.45) is 10.1. The largest absolute Gasteiger partial charge is 0.508 e. The number of fused-ring (bicyclic) bond motifs is 3. The second-order valence-electron chi connectivity index (χ2n) is 15.1. The average molecular weight is 716 g/mol. The van der Waals surface area contributed by atoms with Crippen molar-refractivity contribution in [2.45, 2.75) is 51.2 Å². The fraction of sp³-hybridized carbons (Fsp3) is 0.513. The van der Waals surface area contributed by atoms with E-state index >= 15 is 8.78 Å². The molecule has 8 rings (SSSR count). The van der Waals surface area contributed by atoms with E-state index in [0.717, 1.165) is 58.4 Å². The van der Waals surface area contributed by atoms with E-state index in [1.165, 1.54) is 31.4 Å². The van der Waals surface area contributed by atoms with Gasteiger partial charge in [0.2, 0.25) is 5.88 Å². The third-order valence-corrected chi connectivity index (χ3v) is 11.3. The summed E-state index contributed by atoms with van der Waals surface area (Å²) in [6, 6.07) is 5.71. The minimum absolute atomic E-state index is 0.00593. The van der Waals surface area contributed by atoms with Gasteiger partial charge in [0.05, 0.1) is 51.8 Å². The molecule has 3 unspecified atom stereocenters. The first-order chi connectivity index (χ1) is 25.1. The molecule has 1 aliphatic carbocycles. The van der Waals surface area contributed by atoms with Crippen LogP contribution in [0.2, 0.25) is 0 Å². The van der Waals surface area contributed by atoms with Crippen LogP contribution in [-0.4, -0.2) is 109 Å². The van der Waals surface area contributed by atoms with Gasteiger partial charge < -0.3 is 34.1 Å². The van der Waals surface area contributed by atoms with Gasteiger partial charge in [-0.25, -0.2) is 13.8 Å². The van der Waals surface area contributed by atoms with Crippen molar-refractivity contribution in [1.29, 1.82) is 0 Å². The van der Waals surface area contributed by atoms with E-state index in [1.807, 2.05) is 0 Å². The zero-order valence-electron chi connectivity index (χ0n) is 29.5. The van der Waals surface area contributed by atoms with Gasteiger partial charge in [0.25, 0.3) is 0 Å². The number of terminal acetylenes is 1. The molecule has 0 radical (unpaired) electrons. The number of aliphatic hydroxyl groups excluding tert-OH is 1. The maximum absolute atomic E-state index is 17.2. The number of halogens is 2. The van der Waals surface area contributed by atoms with Crippen LogP contribution in [0.3, 0.4) is 0 Å². The van der Waals surface area contributed by atoms with Crippen LogP contribution in [0.4, 0.5) is 14.6 Å². The molecule has 4 aliphatic rings. The predicted molar refractivity (Wildman–Crippen MR) is 191 cm³/mol. The number of pyridine rings is 1. The van der Waals surface area contributed by atoms with Gasteiger partial charge in [-0.05, 0) is 55.8 Å². The predicted octanol–water partition coefficient (Wildman–Crippen LogP) is 5.07. The van der Waals surface area contributed by atoms with Gasteiger partial charge >= 0.3 is 6.01 Å². The first-order valence-corrected chi connectivity index (χ1v) is 17.9. The Bertz CT molecular complexity index is 2070. The van der Waals surface area contributed by atoms with Gasteiger partial charge in [-0.3, -0.25) is 4.90 Å². The van der Waals surface area contributed by atoms with Crippen LogP contribution in [0.5, 0.6) is 17.6 Å². The lowest BCUT2D eigenvalue weighted by atomic mass is 9.74. The van der Waals surface area contributed by atoms with E-state index < -0.39 is 17.7 Å². The van der Waals surface area contributed by atoms with Gasteiger partial charge in [-0.1, -0.05) is 25.3 Å². The third kappa shape index (κ3) is 6.05. The second-order valence-corrected chi connectivity index (χ2v) is 15.1. The van der Waals surface area contributed by atoms with Crippen LogP contribution < -0.4 is 14.4 Å². The van der Waals surface area contributed by atoms with Crippen molar-refractivity contribution in [2.75, 3.05) is 71.2 Å². The summed E-state index contributed by atoms with van der Waals surface area (Å²) >= 11 is 0. The molecule has 3 atom stereocenters. The maximum Gasteiger partial charge on any atom is 0.319 e. The maximum atomic E-state index is 17.2. The van der Waals surface area contributed by atoms with Crippen molar-refractivity contribution < 1.29 is 37.9 Å². The van der Waals surface area contributed by atoms with E-state index in [2.05, 4.69) is 27.7 Å². The molecule has 1 saturated carbocycles. The molecule has 52 heavy (non-hydrogen) atoms. The van der Waals surface area contributed by atoms with Crippen molar-refractivity contribution in [2.24, 2.45) is 10.8 Å². The van der Waals surface area contributed by atoms with E-state index in [-0.39, 0.29) is 80.5 Å². The molecular weight excluding hydrogens is 672 g/mol. The molecule has 2 aromatic heterocycles. The molecule has 3 saturated heterocycles. The Morgan fingerprint density at radius 2 is 1.90 bits per heavy atom. The van der Waals surface area contributed by atoms with Crippen molar-refractivity contribution in [3.8, 4) is 41.2 Å². The van der Waals surface area contributed by atoms with E-state index in [1.54, 1.807) is 4.90 Å². The quantitative estimate of drug-likeness (QED) is 0.238. The molecule has 5 heterocycles. The van der Waals surface area contributed by atoms with Crippen LogP contribution in [-0.2, 0) is 9.47 Å². The summed E-state index contributed by atoms with van der Waals surface area (Å²) < 4.78 is 55.7. The first-order valence-electron chi connectivity index (χ1n) is 17.9. The number of likely N-dealkylation sites (tertiary alicyclic amines) is 1. The highest BCUT2D eigenvalue weighted by molar-refractivity contribution is 6.04. The Labute approximate surface area is 300 Å². The van der Waals surface area contributed by atoms with Crippen LogP contribution in [0.15, 0.2) is 24.3 Å². The SMILES string of the molecule is C#Cc1c(F)ccc2cc(O)cc(-c3nc(OC)c4c(N5CCOCC(O)C5)nc(OCC56CCCC5N(CC5(C)COC5)CCC6)nc4c3F)c12. The number of phenols is 1. The Kier molecular flexibility index (Phi) is 9.06. The van der Waals surface area contributed by atoms with Crippen molar-refractivity contribution in [1.82, 2.24) is 19.9 Å². The molecule has 0 amide bonds. The zero-order valence-corrected chi connectivity index (χ0v) is 29.5.